The van der Waals surface area contributed by atoms with Crippen LogP contribution in [0.2, 0.25) is 0 Å². The molecule has 0 bridgehead atoms. The van der Waals surface area contributed by atoms with E-state index in [0.717, 1.165) is 6.42 Å². The SMILES string of the molecule is c1ccc(-c2cccc(-c3cccc4c3-c3ccccc3C4)c2-c2c3ccccc3c(-c3ccc4c5ccccc5c5ccccc5c4c3)c3ccccc23)cc1. The molecule has 0 aromatic heterocycles. The lowest BCUT2D eigenvalue weighted by molar-refractivity contribution is 1.26. The molecule has 12 rings (SSSR count). The van der Waals surface area contributed by atoms with Crippen molar-refractivity contribution in [3.8, 4) is 55.6 Å². The van der Waals surface area contributed by atoms with E-state index >= 15 is 0 Å². The highest BCUT2D eigenvalue weighted by molar-refractivity contribution is 6.28. The van der Waals surface area contributed by atoms with Crippen LogP contribution in [-0.4, -0.2) is 0 Å². The van der Waals surface area contributed by atoms with Gasteiger partial charge in [-0.05, 0) is 133 Å². The quantitative estimate of drug-likeness (QED) is 0.125. The van der Waals surface area contributed by atoms with Crippen LogP contribution in [0.4, 0.5) is 0 Å². The van der Waals surface area contributed by atoms with Gasteiger partial charge in [0.05, 0.1) is 0 Å². The number of benzene rings is 11. The number of hydrogen-bond acceptors (Lipinski definition) is 0. The molecule has 0 atom stereocenters. The molecule has 1 aliphatic carbocycles. The molecule has 0 heteroatoms. The average Bonchev–Trinajstić information content (AvgIpc) is 3.67. The molecular formula is C57H36. The van der Waals surface area contributed by atoms with E-state index < -0.39 is 0 Å². The number of rotatable bonds is 4. The zero-order chi connectivity index (χ0) is 37.5. The van der Waals surface area contributed by atoms with Gasteiger partial charge in [-0.2, -0.15) is 0 Å². The topological polar surface area (TPSA) is 0 Å². The summed E-state index contributed by atoms with van der Waals surface area (Å²) in [7, 11) is 0. The summed E-state index contributed by atoms with van der Waals surface area (Å²) in [5.74, 6) is 0. The lowest BCUT2D eigenvalue weighted by Crippen LogP contribution is -1.96. The molecule has 0 heterocycles. The lowest BCUT2D eigenvalue weighted by Gasteiger charge is -2.23. The summed E-state index contributed by atoms with van der Waals surface area (Å²) in [6.07, 6.45) is 0.963. The molecule has 0 unspecified atom stereocenters. The van der Waals surface area contributed by atoms with Gasteiger partial charge in [-0.25, -0.2) is 0 Å². The van der Waals surface area contributed by atoms with Crippen molar-refractivity contribution in [2.45, 2.75) is 6.42 Å². The zero-order valence-electron chi connectivity index (χ0n) is 31.3. The van der Waals surface area contributed by atoms with Crippen LogP contribution in [-0.2, 0) is 6.42 Å². The van der Waals surface area contributed by atoms with Crippen LogP contribution in [0.25, 0.3) is 109 Å². The second-order valence-corrected chi connectivity index (χ2v) is 15.5. The highest BCUT2D eigenvalue weighted by Crippen LogP contribution is 2.52. The first kappa shape index (κ1) is 32.0. The summed E-state index contributed by atoms with van der Waals surface area (Å²) in [5.41, 5.74) is 15.6. The second kappa shape index (κ2) is 12.6. The van der Waals surface area contributed by atoms with Crippen molar-refractivity contribution in [3.63, 3.8) is 0 Å². The Kier molecular flexibility index (Phi) is 7.09. The Labute approximate surface area is 331 Å². The van der Waals surface area contributed by atoms with Crippen molar-refractivity contribution in [1.29, 1.82) is 0 Å². The third-order valence-corrected chi connectivity index (χ3v) is 12.5. The molecule has 264 valence electrons. The molecule has 57 heavy (non-hydrogen) atoms. The molecule has 1 aliphatic rings. The minimum atomic E-state index is 0.963. The Hall–Kier alpha value is -7.28. The molecule has 0 nitrogen and oxygen atoms in total. The fourth-order valence-corrected chi connectivity index (χ4v) is 10.1. The van der Waals surface area contributed by atoms with E-state index in [1.165, 1.54) is 121 Å². The summed E-state index contributed by atoms with van der Waals surface area (Å²) < 4.78 is 0. The van der Waals surface area contributed by atoms with E-state index in [9.17, 15) is 0 Å². The molecular weight excluding hydrogens is 685 g/mol. The summed E-state index contributed by atoms with van der Waals surface area (Å²) in [4.78, 5) is 0. The van der Waals surface area contributed by atoms with Crippen LogP contribution in [0.1, 0.15) is 11.1 Å². The lowest BCUT2D eigenvalue weighted by atomic mass is 9.79. The van der Waals surface area contributed by atoms with Crippen molar-refractivity contribution in [2.24, 2.45) is 0 Å². The van der Waals surface area contributed by atoms with Crippen LogP contribution in [0.15, 0.2) is 206 Å². The maximum absolute atomic E-state index is 2.45. The molecule has 0 radical (unpaired) electrons. The van der Waals surface area contributed by atoms with Crippen molar-refractivity contribution >= 4 is 53.9 Å². The Morgan fingerprint density at radius 1 is 0.211 bits per heavy atom. The second-order valence-electron chi connectivity index (χ2n) is 15.5. The normalized spacial score (nSPS) is 12.1. The van der Waals surface area contributed by atoms with Gasteiger partial charge in [0, 0.05) is 0 Å². The van der Waals surface area contributed by atoms with Crippen LogP contribution >= 0.6 is 0 Å². The van der Waals surface area contributed by atoms with Gasteiger partial charge in [0.15, 0.2) is 0 Å². The maximum atomic E-state index is 2.45. The van der Waals surface area contributed by atoms with Gasteiger partial charge in [-0.3, -0.25) is 0 Å². The Morgan fingerprint density at radius 3 is 1.30 bits per heavy atom. The van der Waals surface area contributed by atoms with Gasteiger partial charge in [-0.1, -0.05) is 200 Å². The Balaban J connectivity index is 1.20. The largest absolute Gasteiger partial charge is 0.0622 e. The van der Waals surface area contributed by atoms with Crippen LogP contribution in [0.5, 0.6) is 0 Å². The third kappa shape index (κ3) is 4.81. The third-order valence-electron chi connectivity index (χ3n) is 12.5. The van der Waals surface area contributed by atoms with Crippen molar-refractivity contribution in [1.82, 2.24) is 0 Å². The monoisotopic (exact) mass is 720 g/mol. The first-order valence-electron chi connectivity index (χ1n) is 20.0. The first-order chi connectivity index (χ1) is 28.3. The summed E-state index contributed by atoms with van der Waals surface area (Å²) in [5, 5.41) is 12.8. The summed E-state index contributed by atoms with van der Waals surface area (Å²) in [6, 6.07) is 76.9. The maximum Gasteiger partial charge on any atom is -0.00132 e. The highest BCUT2D eigenvalue weighted by Gasteiger charge is 2.26. The molecule has 0 N–H and O–H groups in total. The highest BCUT2D eigenvalue weighted by atomic mass is 14.3. The summed E-state index contributed by atoms with van der Waals surface area (Å²) in [6.45, 7) is 0. The van der Waals surface area contributed by atoms with E-state index in [2.05, 4.69) is 206 Å². The molecule has 0 aliphatic heterocycles. The van der Waals surface area contributed by atoms with Crippen molar-refractivity contribution < 1.29 is 0 Å². The minimum absolute atomic E-state index is 0.963. The van der Waals surface area contributed by atoms with E-state index in [-0.39, 0.29) is 0 Å². The van der Waals surface area contributed by atoms with Crippen LogP contribution in [0.3, 0.4) is 0 Å². The van der Waals surface area contributed by atoms with Gasteiger partial charge < -0.3 is 0 Å². The predicted octanol–water partition coefficient (Wildman–Crippen LogP) is 15.7. The van der Waals surface area contributed by atoms with E-state index in [0.29, 0.717) is 0 Å². The summed E-state index contributed by atoms with van der Waals surface area (Å²) >= 11 is 0. The van der Waals surface area contributed by atoms with Crippen molar-refractivity contribution in [2.75, 3.05) is 0 Å². The molecule has 11 aromatic carbocycles. The Morgan fingerprint density at radius 2 is 0.649 bits per heavy atom. The molecule has 0 saturated carbocycles. The number of hydrogen-bond donors (Lipinski definition) is 0. The van der Waals surface area contributed by atoms with Crippen LogP contribution < -0.4 is 0 Å². The van der Waals surface area contributed by atoms with Crippen molar-refractivity contribution in [3.05, 3.63) is 217 Å². The van der Waals surface area contributed by atoms with Crippen LogP contribution in [0, 0.1) is 0 Å². The first-order valence-corrected chi connectivity index (χ1v) is 20.0. The van der Waals surface area contributed by atoms with Gasteiger partial charge in [0.25, 0.3) is 0 Å². The number of fused-ring (bicyclic) bond motifs is 11. The standard InChI is InChI=1S/C57H36/c1-2-16-36(17-3-1)40-29-15-31-52(49-30-14-19-38-34-37-18-4-5-20-41(37)54(38)49)56(40)57-50-27-12-10-25-47(50)55(48-26-11-13-28-51(48)57)39-32-33-46-44-23-7-6-21-42(44)43-22-8-9-24-45(43)53(46)35-39/h1-33,35H,34H2. The van der Waals surface area contributed by atoms with Gasteiger partial charge in [0.1, 0.15) is 0 Å². The minimum Gasteiger partial charge on any atom is -0.0622 e. The molecule has 0 spiro atoms. The smallest absolute Gasteiger partial charge is 0.00132 e. The fraction of sp³-hybridized carbons (Fsp3) is 0.0175. The van der Waals surface area contributed by atoms with Gasteiger partial charge >= 0.3 is 0 Å². The van der Waals surface area contributed by atoms with Gasteiger partial charge in [-0.15, -0.1) is 0 Å². The fourth-order valence-electron chi connectivity index (χ4n) is 10.1. The van der Waals surface area contributed by atoms with Gasteiger partial charge in [0.2, 0.25) is 0 Å². The predicted molar refractivity (Wildman–Crippen MR) is 244 cm³/mol. The molecule has 0 saturated heterocycles. The molecule has 11 aromatic rings. The molecule has 0 fully saturated rings. The Bertz CT molecular complexity index is 3330. The zero-order valence-corrected chi connectivity index (χ0v) is 31.3. The average molecular weight is 721 g/mol. The van der Waals surface area contributed by atoms with E-state index in [4.69, 9.17) is 0 Å². The molecule has 0 amide bonds. The van der Waals surface area contributed by atoms with E-state index in [1.807, 2.05) is 0 Å². The van der Waals surface area contributed by atoms with E-state index in [1.54, 1.807) is 0 Å².